The van der Waals surface area contributed by atoms with Crippen molar-refractivity contribution >= 4 is 44.2 Å². The molecule has 0 aliphatic carbocycles. The first-order chi connectivity index (χ1) is 17.5. The third kappa shape index (κ3) is 6.41. The molecule has 0 spiro atoms. The molecule has 188 valence electrons. The summed E-state index contributed by atoms with van der Waals surface area (Å²) in [6, 6.07) is 15.7. The van der Waals surface area contributed by atoms with Gasteiger partial charge in [0.05, 0.1) is 15.7 Å². The highest BCUT2D eigenvalue weighted by Gasteiger charge is 2.21. The number of nitrogens with zero attached hydrogens (tertiary/aromatic N) is 3. The summed E-state index contributed by atoms with van der Waals surface area (Å²) in [7, 11) is 3.92. The zero-order chi connectivity index (χ0) is 25.5. The molecule has 0 bridgehead atoms. The summed E-state index contributed by atoms with van der Waals surface area (Å²) >= 11 is 3.55. The van der Waals surface area contributed by atoms with Crippen molar-refractivity contribution in [2.75, 3.05) is 37.8 Å². The maximum absolute atomic E-state index is 12.2. The highest BCUT2D eigenvalue weighted by molar-refractivity contribution is 9.15. The van der Waals surface area contributed by atoms with Crippen molar-refractivity contribution in [2.24, 2.45) is 0 Å². The van der Waals surface area contributed by atoms with Gasteiger partial charge >= 0.3 is 0 Å². The number of aromatic nitrogens is 2. The largest absolute Gasteiger partial charge is 0.457 e. The summed E-state index contributed by atoms with van der Waals surface area (Å²) in [5.41, 5.74) is 2.61. The van der Waals surface area contributed by atoms with Crippen molar-refractivity contribution in [3.63, 3.8) is 0 Å². The number of carbonyl (C=O) groups is 1. The lowest BCUT2D eigenvalue weighted by Gasteiger charge is -2.29. The van der Waals surface area contributed by atoms with Gasteiger partial charge in [0, 0.05) is 25.0 Å². The average molecular weight is 551 g/mol. The molecule has 3 N–H and O–H groups in total. The highest BCUT2D eigenvalue weighted by Crippen LogP contribution is 2.32. The van der Waals surface area contributed by atoms with E-state index < -0.39 is 0 Å². The van der Waals surface area contributed by atoms with E-state index >= 15 is 0 Å². The normalized spacial score (nSPS) is 14.8. The number of halogens is 1. The van der Waals surface area contributed by atoms with Crippen LogP contribution < -0.4 is 20.7 Å². The third-order valence-electron chi connectivity index (χ3n) is 6.02. The number of nitrogens with one attached hydrogen (secondary N) is 3. The van der Waals surface area contributed by atoms with Gasteiger partial charge in [0.2, 0.25) is 5.95 Å². The van der Waals surface area contributed by atoms with Crippen LogP contribution in [0.4, 0.5) is 17.5 Å². The molecule has 0 unspecified atom stereocenters. The quantitative estimate of drug-likeness (QED) is 0.298. The van der Waals surface area contributed by atoms with E-state index in [0.29, 0.717) is 27.5 Å². The maximum atomic E-state index is 12.2. The van der Waals surface area contributed by atoms with Gasteiger partial charge in [-0.25, -0.2) is 4.98 Å². The molecule has 1 saturated heterocycles. The lowest BCUT2D eigenvalue weighted by molar-refractivity contribution is 0.112. The molecule has 4 rings (SSSR count). The SMILES string of the molecule is CN/C=C(/Br)c1nc(NC2CCN(C)CC2)nc(Nc2ccc(Oc3ccccc3)c(C)c2)c1C=O. The van der Waals surface area contributed by atoms with Crippen LogP contribution in [0.3, 0.4) is 0 Å². The van der Waals surface area contributed by atoms with E-state index in [9.17, 15) is 4.79 Å². The van der Waals surface area contributed by atoms with Gasteiger partial charge in [-0.3, -0.25) is 4.79 Å². The molecule has 1 aromatic heterocycles. The summed E-state index contributed by atoms with van der Waals surface area (Å²) in [6.07, 6.45) is 4.53. The first-order valence-corrected chi connectivity index (χ1v) is 12.7. The Labute approximate surface area is 220 Å². The molecule has 0 radical (unpaired) electrons. The van der Waals surface area contributed by atoms with Gasteiger partial charge in [-0.05, 0) is 91.7 Å². The molecule has 36 heavy (non-hydrogen) atoms. The Bertz CT molecular complexity index is 1230. The second kappa shape index (κ2) is 12.0. The van der Waals surface area contributed by atoms with Crippen LogP contribution in [-0.2, 0) is 0 Å². The standard InChI is InChI=1S/C27H31BrN6O2/c1-18-15-20(9-10-24(18)36-21-7-5-4-6-8-21)30-26-22(17-35)25(23(28)16-29-2)32-27(33-26)31-19-11-13-34(3)14-12-19/h4-10,15-17,19,29H,11-14H2,1-3H3,(H2,30,31,32,33)/b23-16+. The molecule has 2 heterocycles. The van der Waals surface area contributed by atoms with E-state index in [0.717, 1.165) is 55.0 Å². The van der Waals surface area contributed by atoms with Crippen LogP contribution in [0, 0.1) is 6.92 Å². The molecule has 0 atom stereocenters. The number of likely N-dealkylation sites (tertiary alicyclic amines) is 1. The predicted molar refractivity (Wildman–Crippen MR) is 149 cm³/mol. The number of rotatable bonds is 9. The van der Waals surface area contributed by atoms with E-state index in [4.69, 9.17) is 9.72 Å². The number of piperidine rings is 1. The van der Waals surface area contributed by atoms with Crippen molar-refractivity contribution < 1.29 is 9.53 Å². The molecular formula is C27H31BrN6O2. The van der Waals surface area contributed by atoms with Crippen LogP contribution in [0.5, 0.6) is 11.5 Å². The van der Waals surface area contributed by atoms with Crippen LogP contribution >= 0.6 is 15.9 Å². The fraction of sp³-hybridized carbons (Fsp3) is 0.296. The summed E-state index contributed by atoms with van der Waals surface area (Å²) in [5, 5.41) is 9.77. The Morgan fingerprint density at radius 2 is 1.89 bits per heavy atom. The maximum Gasteiger partial charge on any atom is 0.225 e. The molecular weight excluding hydrogens is 520 g/mol. The molecule has 1 aliphatic heterocycles. The number of benzene rings is 2. The van der Waals surface area contributed by atoms with Crippen molar-refractivity contribution in [2.45, 2.75) is 25.8 Å². The van der Waals surface area contributed by atoms with E-state index in [-0.39, 0.29) is 6.04 Å². The van der Waals surface area contributed by atoms with Gasteiger partial charge in [-0.1, -0.05) is 18.2 Å². The van der Waals surface area contributed by atoms with Crippen LogP contribution in [0.15, 0.2) is 54.7 Å². The van der Waals surface area contributed by atoms with E-state index in [1.807, 2.05) is 55.5 Å². The van der Waals surface area contributed by atoms with Crippen molar-refractivity contribution in [1.82, 2.24) is 20.2 Å². The Morgan fingerprint density at radius 3 is 2.56 bits per heavy atom. The van der Waals surface area contributed by atoms with Crippen molar-refractivity contribution in [3.05, 3.63) is 71.6 Å². The summed E-state index contributed by atoms with van der Waals surface area (Å²) in [6.45, 7) is 4.01. The summed E-state index contributed by atoms with van der Waals surface area (Å²) < 4.78 is 6.66. The van der Waals surface area contributed by atoms with Crippen molar-refractivity contribution in [3.8, 4) is 11.5 Å². The zero-order valence-electron chi connectivity index (χ0n) is 20.7. The van der Waals surface area contributed by atoms with Crippen LogP contribution in [0.2, 0.25) is 0 Å². The van der Waals surface area contributed by atoms with Gasteiger partial charge in [-0.2, -0.15) is 4.98 Å². The van der Waals surface area contributed by atoms with Crippen LogP contribution in [-0.4, -0.2) is 54.4 Å². The van der Waals surface area contributed by atoms with Gasteiger partial charge in [-0.15, -0.1) is 0 Å². The molecule has 2 aromatic carbocycles. The van der Waals surface area contributed by atoms with Crippen LogP contribution in [0.1, 0.15) is 34.5 Å². The minimum atomic E-state index is 0.271. The average Bonchev–Trinajstić information content (AvgIpc) is 2.87. The number of ether oxygens (including phenoxy) is 1. The Morgan fingerprint density at radius 1 is 1.14 bits per heavy atom. The van der Waals surface area contributed by atoms with E-state index in [2.05, 4.69) is 48.8 Å². The molecule has 0 amide bonds. The number of hydrogen-bond donors (Lipinski definition) is 3. The number of aryl methyl sites for hydroxylation is 1. The van der Waals surface area contributed by atoms with Gasteiger partial charge < -0.3 is 25.6 Å². The smallest absolute Gasteiger partial charge is 0.225 e. The molecule has 8 nitrogen and oxygen atoms in total. The number of aldehydes is 1. The first kappa shape index (κ1) is 25.7. The fourth-order valence-electron chi connectivity index (χ4n) is 4.05. The molecule has 3 aromatic rings. The fourth-order valence-corrected chi connectivity index (χ4v) is 4.58. The van der Waals surface area contributed by atoms with Gasteiger partial charge in [0.25, 0.3) is 0 Å². The molecule has 9 heteroatoms. The minimum Gasteiger partial charge on any atom is -0.457 e. The Kier molecular flexibility index (Phi) is 8.56. The second-order valence-electron chi connectivity index (χ2n) is 8.80. The third-order valence-corrected chi connectivity index (χ3v) is 6.63. The predicted octanol–water partition coefficient (Wildman–Crippen LogP) is 5.55. The Balaban J connectivity index is 1.63. The summed E-state index contributed by atoms with van der Waals surface area (Å²) in [4.78, 5) is 23.9. The van der Waals surface area contributed by atoms with E-state index in [1.165, 1.54) is 0 Å². The first-order valence-electron chi connectivity index (χ1n) is 11.9. The Hall–Kier alpha value is -3.43. The van der Waals surface area contributed by atoms with E-state index in [1.54, 1.807) is 13.2 Å². The molecule has 1 aliphatic rings. The zero-order valence-corrected chi connectivity index (χ0v) is 22.3. The molecule has 1 fully saturated rings. The number of hydrogen-bond acceptors (Lipinski definition) is 8. The second-order valence-corrected chi connectivity index (χ2v) is 9.65. The number of para-hydroxylation sites is 1. The summed E-state index contributed by atoms with van der Waals surface area (Å²) in [5.74, 6) is 2.45. The highest BCUT2D eigenvalue weighted by atomic mass is 79.9. The topological polar surface area (TPSA) is 91.4 Å². The number of carbonyl (C=O) groups excluding carboxylic acids is 1. The minimum absolute atomic E-state index is 0.271. The lowest BCUT2D eigenvalue weighted by Crippen LogP contribution is -2.37. The monoisotopic (exact) mass is 550 g/mol. The van der Waals surface area contributed by atoms with Gasteiger partial charge in [0.1, 0.15) is 17.3 Å². The number of anilines is 3. The van der Waals surface area contributed by atoms with Crippen LogP contribution in [0.25, 0.3) is 4.48 Å². The molecule has 0 saturated carbocycles. The van der Waals surface area contributed by atoms with Crippen molar-refractivity contribution in [1.29, 1.82) is 0 Å². The lowest BCUT2D eigenvalue weighted by atomic mass is 10.1. The van der Waals surface area contributed by atoms with Gasteiger partial charge in [0.15, 0.2) is 6.29 Å².